The lowest BCUT2D eigenvalue weighted by Crippen LogP contribution is -2.27. The lowest BCUT2D eigenvalue weighted by Gasteiger charge is -2.30. The SMILES string of the molecule is NC(=O)c1cc(C(F)(F)F)ccc1C1CCC(CNCc2cnn(-c3ccccc3)n2)CC1. The van der Waals surface area contributed by atoms with E-state index in [1.807, 2.05) is 30.3 Å². The predicted octanol–water partition coefficient (Wildman–Crippen LogP) is 4.45. The third kappa shape index (κ3) is 5.60. The Balaban J connectivity index is 1.29. The molecule has 33 heavy (non-hydrogen) atoms. The number of halogens is 3. The molecule has 2 aromatic carbocycles. The number of hydrogen-bond acceptors (Lipinski definition) is 4. The van der Waals surface area contributed by atoms with Crippen LogP contribution in [0.3, 0.4) is 0 Å². The van der Waals surface area contributed by atoms with Crippen LogP contribution in [-0.2, 0) is 12.7 Å². The van der Waals surface area contributed by atoms with E-state index in [4.69, 9.17) is 5.73 Å². The number of carbonyl (C=O) groups excluding carboxylic acids is 1. The number of aromatic nitrogens is 3. The summed E-state index contributed by atoms with van der Waals surface area (Å²) in [6, 6.07) is 13.0. The zero-order valence-corrected chi connectivity index (χ0v) is 18.1. The number of carbonyl (C=O) groups is 1. The number of nitrogens with one attached hydrogen (secondary N) is 1. The van der Waals surface area contributed by atoms with Gasteiger partial charge in [-0.25, -0.2) is 0 Å². The van der Waals surface area contributed by atoms with Crippen molar-refractivity contribution >= 4 is 5.91 Å². The van der Waals surface area contributed by atoms with Crippen LogP contribution in [0.1, 0.15) is 58.8 Å². The molecule has 0 saturated heterocycles. The molecule has 1 fully saturated rings. The second-order valence-corrected chi connectivity index (χ2v) is 8.47. The molecule has 0 spiro atoms. The first-order chi connectivity index (χ1) is 15.8. The van der Waals surface area contributed by atoms with Crippen LogP contribution in [0.25, 0.3) is 5.69 Å². The van der Waals surface area contributed by atoms with Gasteiger partial charge in [0.2, 0.25) is 5.91 Å². The monoisotopic (exact) mass is 457 g/mol. The molecule has 0 aliphatic heterocycles. The maximum Gasteiger partial charge on any atom is 0.416 e. The van der Waals surface area contributed by atoms with Crippen LogP contribution in [0.15, 0.2) is 54.7 Å². The van der Waals surface area contributed by atoms with Gasteiger partial charge in [-0.1, -0.05) is 24.3 Å². The molecule has 1 amide bonds. The van der Waals surface area contributed by atoms with Crippen LogP contribution >= 0.6 is 0 Å². The van der Waals surface area contributed by atoms with Crippen LogP contribution < -0.4 is 11.1 Å². The predicted molar refractivity (Wildman–Crippen MR) is 118 cm³/mol. The minimum absolute atomic E-state index is 0.0205. The minimum atomic E-state index is -4.50. The van der Waals surface area contributed by atoms with Crippen LogP contribution in [0.4, 0.5) is 13.2 Å². The molecule has 0 atom stereocenters. The van der Waals surface area contributed by atoms with E-state index < -0.39 is 17.6 Å². The largest absolute Gasteiger partial charge is 0.416 e. The van der Waals surface area contributed by atoms with E-state index in [1.54, 1.807) is 11.0 Å². The summed E-state index contributed by atoms with van der Waals surface area (Å²) in [6.07, 6.45) is 0.705. The molecule has 174 valence electrons. The molecule has 1 aliphatic carbocycles. The summed E-state index contributed by atoms with van der Waals surface area (Å²) >= 11 is 0. The molecule has 4 rings (SSSR count). The number of nitrogens with two attached hydrogens (primary N) is 1. The number of primary amides is 1. The second kappa shape index (κ2) is 9.74. The van der Waals surface area contributed by atoms with E-state index in [0.29, 0.717) is 18.0 Å². The average Bonchev–Trinajstić information content (AvgIpc) is 3.28. The van der Waals surface area contributed by atoms with Gasteiger partial charge in [0.25, 0.3) is 0 Å². The van der Waals surface area contributed by atoms with Gasteiger partial charge >= 0.3 is 6.18 Å². The van der Waals surface area contributed by atoms with Crippen molar-refractivity contribution < 1.29 is 18.0 Å². The summed E-state index contributed by atoms with van der Waals surface area (Å²) in [5.74, 6) is -0.322. The Kier molecular flexibility index (Phi) is 6.78. The zero-order valence-electron chi connectivity index (χ0n) is 18.1. The van der Waals surface area contributed by atoms with E-state index in [-0.39, 0.29) is 11.5 Å². The first-order valence-electron chi connectivity index (χ1n) is 11.0. The Morgan fingerprint density at radius 2 is 1.82 bits per heavy atom. The number of rotatable bonds is 7. The standard InChI is InChI=1S/C24H26F3N5O/c25-24(26,27)18-10-11-21(22(12-18)23(28)33)17-8-6-16(7-9-17)13-29-14-19-15-30-32(31-19)20-4-2-1-3-5-20/h1-5,10-12,15-17,29H,6-9,13-14H2,(H2,28,33). The first-order valence-corrected chi connectivity index (χ1v) is 11.0. The molecule has 1 heterocycles. The highest BCUT2D eigenvalue weighted by molar-refractivity contribution is 5.94. The molecule has 1 aliphatic rings. The van der Waals surface area contributed by atoms with Crippen molar-refractivity contribution in [3.05, 3.63) is 77.1 Å². The Bertz CT molecular complexity index is 1090. The lowest BCUT2D eigenvalue weighted by molar-refractivity contribution is -0.137. The van der Waals surface area contributed by atoms with E-state index >= 15 is 0 Å². The summed E-state index contributed by atoms with van der Waals surface area (Å²) < 4.78 is 39.0. The third-order valence-corrected chi connectivity index (χ3v) is 6.20. The van der Waals surface area contributed by atoms with Crippen molar-refractivity contribution in [2.45, 2.75) is 44.3 Å². The fourth-order valence-electron chi connectivity index (χ4n) is 4.45. The quantitative estimate of drug-likeness (QED) is 0.549. The second-order valence-electron chi connectivity index (χ2n) is 8.47. The van der Waals surface area contributed by atoms with Crippen molar-refractivity contribution in [1.82, 2.24) is 20.3 Å². The van der Waals surface area contributed by atoms with E-state index in [9.17, 15) is 18.0 Å². The zero-order chi connectivity index (χ0) is 23.4. The Labute approximate surface area is 190 Å². The lowest BCUT2D eigenvalue weighted by atomic mass is 9.77. The molecular formula is C24H26F3N5O. The Morgan fingerprint density at radius 1 is 1.09 bits per heavy atom. The van der Waals surface area contributed by atoms with Gasteiger partial charge in [0.15, 0.2) is 0 Å². The summed E-state index contributed by atoms with van der Waals surface area (Å²) in [4.78, 5) is 13.4. The van der Waals surface area contributed by atoms with Crippen LogP contribution in [0, 0.1) is 5.92 Å². The smallest absolute Gasteiger partial charge is 0.366 e. The van der Waals surface area contributed by atoms with Gasteiger partial charge in [0.1, 0.15) is 0 Å². The molecule has 1 aromatic heterocycles. The van der Waals surface area contributed by atoms with E-state index in [2.05, 4.69) is 15.5 Å². The number of para-hydroxylation sites is 1. The number of alkyl halides is 3. The summed E-state index contributed by atoms with van der Waals surface area (Å²) in [7, 11) is 0. The van der Waals surface area contributed by atoms with Gasteiger partial charge < -0.3 is 11.1 Å². The molecule has 1 saturated carbocycles. The van der Waals surface area contributed by atoms with Gasteiger partial charge in [-0.2, -0.15) is 28.2 Å². The average molecular weight is 458 g/mol. The molecule has 9 heteroatoms. The molecule has 3 N–H and O–H groups in total. The van der Waals surface area contributed by atoms with E-state index in [0.717, 1.165) is 55.7 Å². The molecule has 0 radical (unpaired) electrons. The normalized spacial score (nSPS) is 18.9. The van der Waals surface area contributed by atoms with Crippen LogP contribution in [0.2, 0.25) is 0 Å². The summed E-state index contributed by atoms with van der Waals surface area (Å²) in [6.45, 7) is 1.43. The van der Waals surface area contributed by atoms with Gasteiger partial charge in [-0.15, -0.1) is 0 Å². The van der Waals surface area contributed by atoms with Gasteiger partial charge in [-0.05, 0) is 73.9 Å². The highest BCUT2D eigenvalue weighted by atomic mass is 19.4. The highest BCUT2D eigenvalue weighted by Gasteiger charge is 2.33. The molecule has 6 nitrogen and oxygen atoms in total. The summed E-state index contributed by atoms with van der Waals surface area (Å²) in [5, 5.41) is 12.2. The summed E-state index contributed by atoms with van der Waals surface area (Å²) in [5.41, 5.74) is 6.90. The number of benzene rings is 2. The first kappa shape index (κ1) is 23.0. The Hall–Kier alpha value is -3.20. The fourth-order valence-corrected chi connectivity index (χ4v) is 4.45. The third-order valence-electron chi connectivity index (χ3n) is 6.20. The Morgan fingerprint density at radius 3 is 2.48 bits per heavy atom. The maximum atomic E-state index is 13.0. The van der Waals surface area contributed by atoms with Crippen molar-refractivity contribution in [1.29, 1.82) is 0 Å². The maximum absolute atomic E-state index is 13.0. The fraction of sp³-hybridized carbons (Fsp3) is 0.375. The number of hydrogen-bond donors (Lipinski definition) is 2. The van der Waals surface area contributed by atoms with Gasteiger partial charge in [-0.3, -0.25) is 4.79 Å². The topological polar surface area (TPSA) is 85.8 Å². The van der Waals surface area contributed by atoms with E-state index in [1.165, 1.54) is 6.07 Å². The van der Waals surface area contributed by atoms with Crippen LogP contribution in [-0.4, -0.2) is 27.4 Å². The van der Waals surface area contributed by atoms with Crippen molar-refractivity contribution in [2.24, 2.45) is 11.7 Å². The van der Waals surface area contributed by atoms with Crippen molar-refractivity contribution in [3.63, 3.8) is 0 Å². The molecule has 0 bridgehead atoms. The number of nitrogens with zero attached hydrogens (tertiary/aromatic N) is 3. The highest BCUT2D eigenvalue weighted by Crippen LogP contribution is 2.39. The van der Waals surface area contributed by atoms with Gasteiger partial charge in [0.05, 0.1) is 23.1 Å². The van der Waals surface area contributed by atoms with Gasteiger partial charge in [0, 0.05) is 12.1 Å². The van der Waals surface area contributed by atoms with Crippen molar-refractivity contribution in [2.75, 3.05) is 6.54 Å². The number of amides is 1. The minimum Gasteiger partial charge on any atom is -0.366 e. The molecule has 0 unspecified atom stereocenters. The van der Waals surface area contributed by atoms with Crippen molar-refractivity contribution in [3.8, 4) is 5.69 Å². The molecular weight excluding hydrogens is 431 g/mol. The molecule has 3 aromatic rings. The van der Waals surface area contributed by atoms with Crippen LogP contribution in [0.5, 0.6) is 0 Å².